The van der Waals surface area contributed by atoms with E-state index in [-0.39, 0.29) is 11.6 Å². The lowest BCUT2D eigenvalue weighted by Gasteiger charge is -2.30. The third-order valence-corrected chi connectivity index (χ3v) is 5.82. The standard InChI is InChI=1S/C23H30N4O3/c1-18-8-5-6-14-26(18)15-7-13-24-23(28)20-11-12-21(22(16-20)27(29)30)25-17-19-9-3-2-4-10-19/h2-4,9-12,16,18,25H,5-8,13-15,17H2,1H3,(H,24,28)/p+1/t18-/m0/s1. The smallest absolute Gasteiger partial charge is 0.293 e. The second-order valence-electron chi connectivity index (χ2n) is 7.99. The lowest BCUT2D eigenvalue weighted by Crippen LogP contribution is -3.16. The Bertz CT molecular complexity index is 857. The minimum absolute atomic E-state index is 0.0924. The van der Waals surface area contributed by atoms with Crippen LogP contribution in [0, 0.1) is 10.1 Å². The Morgan fingerprint density at radius 1 is 1.20 bits per heavy atom. The molecule has 7 nitrogen and oxygen atoms in total. The first-order chi connectivity index (χ1) is 14.5. The van der Waals surface area contributed by atoms with E-state index in [1.54, 1.807) is 17.0 Å². The van der Waals surface area contributed by atoms with Crippen LogP contribution in [0.15, 0.2) is 48.5 Å². The predicted octanol–water partition coefficient (Wildman–Crippen LogP) is 2.78. The van der Waals surface area contributed by atoms with Gasteiger partial charge in [0.05, 0.1) is 24.1 Å². The number of nitrogens with one attached hydrogen (secondary N) is 3. The first kappa shape index (κ1) is 21.8. The molecule has 1 saturated heterocycles. The minimum Gasteiger partial charge on any atom is -0.375 e. The summed E-state index contributed by atoms with van der Waals surface area (Å²) in [5, 5.41) is 17.5. The number of carbonyl (C=O) groups excluding carboxylic acids is 1. The quantitative estimate of drug-likeness (QED) is 0.336. The molecule has 2 aromatic rings. The van der Waals surface area contributed by atoms with Crippen molar-refractivity contribution in [1.29, 1.82) is 0 Å². The summed E-state index contributed by atoms with van der Waals surface area (Å²) in [6.45, 7) is 5.60. The zero-order valence-electron chi connectivity index (χ0n) is 17.5. The van der Waals surface area contributed by atoms with E-state index in [2.05, 4.69) is 17.6 Å². The van der Waals surface area contributed by atoms with Crippen LogP contribution in [0.3, 0.4) is 0 Å². The van der Waals surface area contributed by atoms with Gasteiger partial charge in [-0.25, -0.2) is 0 Å². The van der Waals surface area contributed by atoms with Crippen LogP contribution in [0.25, 0.3) is 0 Å². The molecule has 3 N–H and O–H groups in total. The number of nitro groups is 1. The van der Waals surface area contributed by atoms with E-state index in [1.165, 1.54) is 31.9 Å². The maximum atomic E-state index is 12.5. The molecule has 1 aliphatic heterocycles. The first-order valence-electron chi connectivity index (χ1n) is 10.7. The fourth-order valence-corrected chi connectivity index (χ4v) is 4.01. The highest BCUT2D eigenvalue weighted by molar-refractivity contribution is 5.95. The Labute approximate surface area is 177 Å². The van der Waals surface area contributed by atoms with Crippen molar-refractivity contribution in [2.75, 3.05) is 25.0 Å². The van der Waals surface area contributed by atoms with Crippen molar-refractivity contribution in [2.24, 2.45) is 0 Å². The molecule has 0 bridgehead atoms. The van der Waals surface area contributed by atoms with Crippen molar-refractivity contribution in [3.63, 3.8) is 0 Å². The van der Waals surface area contributed by atoms with Gasteiger partial charge in [0.25, 0.3) is 11.6 Å². The molecule has 2 atom stereocenters. The van der Waals surface area contributed by atoms with E-state index in [0.717, 1.165) is 18.5 Å². The van der Waals surface area contributed by atoms with E-state index in [1.807, 2.05) is 30.3 Å². The van der Waals surface area contributed by atoms with Gasteiger partial charge in [-0.2, -0.15) is 0 Å². The van der Waals surface area contributed by atoms with Gasteiger partial charge in [-0.15, -0.1) is 0 Å². The molecule has 0 spiro atoms. The highest BCUT2D eigenvalue weighted by Gasteiger charge is 2.21. The average molecular weight is 412 g/mol. The normalized spacial score (nSPS) is 18.6. The van der Waals surface area contributed by atoms with Crippen molar-refractivity contribution < 1.29 is 14.6 Å². The van der Waals surface area contributed by atoms with Crippen LogP contribution in [-0.4, -0.2) is 36.5 Å². The third kappa shape index (κ3) is 6.03. The number of quaternary nitrogens is 1. The van der Waals surface area contributed by atoms with E-state index in [4.69, 9.17) is 0 Å². The molecule has 0 saturated carbocycles. The molecular formula is C23H31N4O3+. The number of nitro benzene ring substituents is 1. The zero-order valence-corrected chi connectivity index (χ0v) is 17.5. The van der Waals surface area contributed by atoms with Crippen LogP contribution < -0.4 is 15.5 Å². The van der Waals surface area contributed by atoms with E-state index in [9.17, 15) is 14.9 Å². The minimum atomic E-state index is -0.453. The predicted molar refractivity (Wildman–Crippen MR) is 118 cm³/mol. The third-order valence-electron chi connectivity index (χ3n) is 5.82. The summed E-state index contributed by atoms with van der Waals surface area (Å²) in [5.41, 5.74) is 1.65. The highest BCUT2D eigenvalue weighted by atomic mass is 16.6. The number of piperidine rings is 1. The van der Waals surface area contributed by atoms with Gasteiger partial charge in [0.1, 0.15) is 5.69 Å². The molecule has 3 rings (SSSR count). The van der Waals surface area contributed by atoms with Crippen LogP contribution in [0.1, 0.15) is 48.5 Å². The topological polar surface area (TPSA) is 88.7 Å². The molecule has 1 fully saturated rings. The Morgan fingerprint density at radius 3 is 2.73 bits per heavy atom. The molecule has 1 amide bonds. The lowest BCUT2D eigenvalue weighted by atomic mass is 10.0. The van der Waals surface area contributed by atoms with Crippen molar-refractivity contribution in [3.05, 3.63) is 69.8 Å². The molecular weight excluding hydrogens is 380 g/mol. The summed E-state index contributed by atoms with van der Waals surface area (Å²) in [6.07, 6.45) is 4.77. The number of carbonyl (C=O) groups is 1. The molecule has 0 aromatic heterocycles. The van der Waals surface area contributed by atoms with E-state index < -0.39 is 4.92 Å². The SMILES string of the molecule is C[C@H]1CCCC[NH+]1CCCNC(=O)c1ccc(NCc2ccccc2)c([N+](=O)[O-])c1. The second-order valence-corrected chi connectivity index (χ2v) is 7.99. The molecule has 2 aromatic carbocycles. The van der Waals surface area contributed by atoms with Crippen molar-refractivity contribution in [3.8, 4) is 0 Å². The molecule has 160 valence electrons. The molecule has 1 heterocycles. The van der Waals surface area contributed by atoms with E-state index in [0.29, 0.717) is 30.4 Å². The first-order valence-corrected chi connectivity index (χ1v) is 10.7. The second kappa shape index (κ2) is 10.7. The fraction of sp³-hybridized carbons (Fsp3) is 0.435. The summed E-state index contributed by atoms with van der Waals surface area (Å²) >= 11 is 0. The molecule has 1 aliphatic rings. The number of benzene rings is 2. The monoisotopic (exact) mass is 411 g/mol. The largest absolute Gasteiger partial charge is 0.375 e. The van der Waals surface area contributed by atoms with Gasteiger partial charge in [0, 0.05) is 31.1 Å². The Balaban J connectivity index is 1.53. The Morgan fingerprint density at radius 2 is 2.00 bits per heavy atom. The number of amides is 1. The summed E-state index contributed by atoms with van der Waals surface area (Å²) in [5.74, 6) is -0.269. The molecule has 0 aliphatic carbocycles. The number of anilines is 1. The molecule has 7 heteroatoms. The highest BCUT2D eigenvalue weighted by Crippen LogP contribution is 2.26. The zero-order chi connectivity index (χ0) is 21.3. The number of nitrogens with zero attached hydrogens (tertiary/aromatic N) is 1. The molecule has 30 heavy (non-hydrogen) atoms. The summed E-state index contributed by atoms with van der Waals surface area (Å²) in [4.78, 5) is 25.1. The number of hydrogen-bond donors (Lipinski definition) is 3. The summed E-state index contributed by atoms with van der Waals surface area (Å²) in [6, 6.07) is 14.9. The average Bonchev–Trinajstić information content (AvgIpc) is 2.76. The maximum absolute atomic E-state index is 12.5. The van der Waals surface area contributed by atoms with Gasteiger partial charge in [-0.05, 0) is 43.9 Å². The van der Waals surface area contributed by atoms with Crippen LogP contribution in [0.5, 0.6) is 0 Å². The van der Waals surface area contributed by atoms with Crippen molar-refractivity contribution in [2.45, 2.75) is 45.2 Å². The lowest BCUT2D eigenvalue weighted by molar-refractivity contribution is -0.928. The Hall–Kier alpha value is -2.93. The molecule has 0 radical (unpaired) electrons. The summed E-state index contributed by atoms with van der Waals surface area (Å²) in [7, 11) is 0. The van der Waals surface area contributed by atoms with Gasteiger partial charge in [0.2, 0.25) is 0 Å². The van der Waals surface area contributed by atoms with Crippen molar-refractivity contribution >= 4 is 17.3 Å². The number of likely N-dealkylation sites (tertiary alicyclic amines) is 1. The van der Waals surface area contributed by atoms with Gasteiger partial charge in [-0.1, -0.05) is 30.3 Å². The summed E-state index contributed by atoms with van der Waals surface area (Å²) < 4.78 is 0. The van der Waals surface area contributed by atoms with Gasteiger partial charge in [-0.3, -0.25) is 14.9 Å². The van der Waals surface area contributed by atoms with Gasteiger partial charge in [0.15, 0.2) is 0 Å². The molecule has 1 unspecified atom stereocenters. The van der Waals surface area contributed by atoms with Gasteiger partial charge < -0.3 is 15.5 Å². The number of hydrogen-bond acceptors (Lipinski definition) is 4. The van der Waals surface area contributed by atoms with Crippen LogP contribution in [0.2, 0.25) is 0 Å². The van der Waals surface area contributed by atoms with Crippen LogP contribution in [0.4, 0.5) is 11.4 Å². The van der Waals surface area contributed by atoms with Crippen LogP contribution in [-0.2, 0) is 6.54 Å². The van der Waals surface area contributed by atoms with Crippen LogP contribution >= 0.6 is 0 Å². The van der Waals surface area contributed by atoms with E-state index >= 15 is 0 Å². The van der Waals surface area contributed by atoms with Crippen molar-refractivity contribution in [1.82, 2.24) is 5.32 Å². The fourth-order valence-electron chi connectivity index (χ4n) is 4.01. The Kier molecular flexibility index (Phi) is 7.79. The van der Waals surface area contributed by atoms with Gasteiger partial charge >= 0.3 is 0 Å². The maximum Gasteiger partial charge on any atom is 0.293 e. The number of rotatable bonds is 9.